The lowest BCUT2D eigenvalue weighted by molar-refractivity contribution is -0.120. The lowest BCUT2D eigenvalue weighted by Gasteiger charge is -2.12. The van der Waals surface area contributed by atoms with E-state index in [2.05, 4.69) is 42.1 Å². The summed E-state index contributed by atoms with van der Waals surface area (Å²) in [6, 6.07) is 11.9. The third-order valence-electron chi connectivity index (χ3n) is 3.07. The molecule has 6 heteroatoms. The van der Waals surface area contributed by atoms with Crippen molar-refractivity contribution in [3.63, 3.8) is 0 Å². The highest BCUT2D eigenvalue weighted by Gasteiger charge is 2.05. The molecule has 4 nitrogen and oxygen atoms in total. The van der Waals surface area contributed by atoms with Crippen LogP contribution in [0.4, 0.5) is 5.69 Å². The summed E-state index contributed by atoms with van der Waals surface area (Å²) < 4.78 is 0. The van der Waals surface area contributed by atoms with Gasteiger partial charge >= 0.3 is 0 Å². The zero-order valence-electron chi connectivity index (χ0n) is 12.6. The van der Waals surface area contributed by atoms with Crippen molar-refractivity contribution < 1.29 is 4.79 Å². The van der Waals surface area contributed by atoms with Crippen LogP contribution in [0.15, 0.2) is 41.8 Å². The van der Waals surface area contributed by atoms with Crippen LogP contribution in [0.3, 0.4) is 0 Å². The molecule has 1 amide bonds. The average molecular weight is 333 g/mol. The zero-order valence-corrected chi connectivity index (χ0v) is 14.2. The molecule has 0 aliphatic rings. The van der Waals surface area contributed by atoms with E-state index >= 15 is 0 Å². The van der Waals surface area contributed by atoms with E-state index in [1.165, 1.54) is 5.56 Å². The number of thiophene rings is 1. The van der Waals surface area contributed by atoms with Crippen LogP contribution in [-0.2, 0) is 11.2 Å². The van der Waals surface area contributed by atoms with Gasteiger partial charge < -0.3 is 5.32 Å². The highest BCUT2D eigenvalue weighted by atomic mass is 32.1. The minimum Gasteiger partial charge on any atom is -0.331 e. The molecule has 2 aromatic rings. The topological polar surface area (TPSA) is 53.2 Å². The molecule has 0 aliphatic heterocycles. The molecule has 3 N–H and O–H groups in total. The molecule has 2 rings (SSSR count). The van der Waals surface area contributed by atoms with E-state index in [1.54, 1.807) is 11.3 Å². The van der Waals surface area contributed by atoms with Crippen molar-refractivity contribution in [1.82, 2.24) is 10.9 Å². The second-order valence-electron chi connectivity index (χ2n) is 5.16. The third kappa shape index (κ3) is 5.13. The van der Waals surface area contributed by atoms with Gasteiger partial charge in [-0.15, -0.1) is 11.3 Å². The minimum absolute atomic E-state index is 0.123. The summed E-state index contributed by atoms with van der Waals surface area (Å²) in [6.07, 6.45) is 0.344. The Balaban J connectivity index is 1.76. The molecule has 0 atom stereocenters. The van der Waals surface area contributed by atoms with Gasteiger partial charge in [0, 0.05) is 10.6 Å². The Hall–Kier alpha value is -1.92. The maximum atomic E-state index is 11.7. The minimum atomic E-state index is -0.123. The molecular formula is C16H19N3OS2. The van der Waals surface area contributed by atoms with E-state index in [9.17, 15) is 4.79 Å². The quantitative estimate of drug-likeness (QED) is 0.593. The van der Waals surface area contributed by atoms with Crippen LogP contribution in [-0.4, -0.2) is 11.0 Å². The van der Waals surface area contributed by atoms with Gasteiger partial charge in [-0.25, -0.2) is 0 Å². The smallest absolute Gasteiger partial charge is 0.243 e. The van der Waals surface area contributed by atoms with Gasteiger partial charge in [-0.2, -0.15) is 0 Å². The first-order valence-electron chi connectivity index (χ1n) is 7.03. The molecule has 0 saturated carbocycles. The summed E-state index contributed by atoms with van der Waals surface area (Å²) in [5.41, 5.74) is 7.45. The highest BCUT2D eigenvalue weighted by molar-refractivity contribution is 7.80. The van der Waals surface area contributed by atoms with E-state index in [1.807, 2.05) is 29.6 Å². The number of hydrazine groups is 1. The van der Waals surface area contributed by atoms with Crippen LogP contribution in [0, 0.1) is 0 Å². The van der Waals surface area contributed by atoms with Crippen molar-refractivity contribution in [2.45, 2.75) is 26.2 Å². The Morgan fingerprint density at radius 1 is 1.18 bits per heavy atom. The maximum absolute atomic E-state index is 11.7. The first-order chi connectivity index (χ1) is 10.5. The molecule has 1 heterocycles. The number of carbonyl (C=O) groups excluding carboxylic acids is 1. The van der Waals surface area contributed by atoms with Gasteiger partial charge in [0.1, 0.15) is 0 Å². The predicted octanol–water partition coefficient (Wildman–Crippen LogP) is 3.43. The molecule has 116 valence electrons. The van der Waals surface area contributed by atoms with E-state index in [-0.39, 0.29) is 5.91 Å². The molecule has 0 radical (unpaired) electrons. The fraction of sp³-hybridized carbons (Fsp3) is 0.250. The number of rotatable bonds is 4. The Kier molecular flexibility index (Phi) is 5.91. The van der Waals surface area contributed by atoms with E-state index < -0.39 is 0 Å². The first-order valence-corrected chi connectivity index (χ1v) is 8.31. The standard InChI is InChI=1S/C16H19N3OS2/c1-11(2)12-5-7-13(8-6-12)17-16(21)19-18-15(20)10-14-4-3-9-22-14/h3-9,11H,10H2,1-2H3,(H,18,20)(H2,17,19,21). The molecule has 1 aromatic heterocycles. The van der Waals surface area contributed by atoms with Gasteiger partial charge in [0.25, 0.3) is 0 Å². The Labute approximate surface area is 139 Å². The summed E-state index contributed by atoms with van der Waals surface area (Å²) >= 11 is 6.71. The molecule has 0 unspecified atom stereocenters. The lowest BCUT2D eigenvalue weighted by Crippen LogP contribution is -2.44. The van der Waals surface area contributed by atoms with E-state index in [0.717, 1.165) is 10.6 Å². The van der Waals surface area contributed by atoms with Gasteiger partial charge in [-0.05, 0) is 47.3 Å². The number of hydrogen-bond acceptors (Lipinski definition) is 3. The number of nitrogens with one attached hydrogen (secondary N) is 3. The number of carbonyl (C=O) groups is 1. The van der Waals surface area contributed by atoms with Gasteiger partial charge in [0.05, 0.1) is 6.42 Å². The number of amides is 1. The van der Waals surface area contributed by atoms with Crippen LogP contribution in [0.2, 0.25) is 0 Å². The van der Waals surface area contributed by atoms with Crippen molar-refractivity contribution in [3.05, 3.63) is 52.2 Å². The fourth-order valence-electron chi connectivity index (χ4n) is 1.86. The van der Waals surface area contributed by atoms with Gasteiger partial charge in [-0.3, -0.25) is 15.6 Å². The van der Waals surface area contributed by atoms with Crippen LogP contribution < -0.4 is 16.2 Å². The Morgan fingerprint density at radius 3 is 2.50 bits per heavy atom. The SMILES string of the molecule is CC(C)c1ccc(NC(=S)NNC(=O)Cc2cccs2)cc1. The molecular weight excluding hydrogens is 314 g/mol. The third-order valence-corrected chi connectivity index (χ3v) is 4.15. The second kappa shape index (κ2) is 7.91. The zero-order chi connectivity index (χ0) is 15.9. The second-order valence-corrected chi connectivity index (χ2v) is 6.60. The maximum Gasteiger partial charge on any atom is 0.243 e. The van der Waals surface area contributed by atoms with Crippen molar-refractivity contribution in [1.29, 1.82) is 0 Å². The summed E-state index contributed by atoms with van der Waals surface area (Å²) in [5, 5.41) is 5.34. The summed E-state index contributed by atoms with van der Waals surface area (Å²) in [7, 11) is 0. The van der Waals surface area contributed by atoms with Crippen molar-refractivity contribution in [2.75, 3.05) is 5.32 Å². The predicted molar refractivity (Wildman–Crippen MR) is 96.1 cm³/mol. The first kappa shape index (κ1) is 16.5. The lowest BCUT2D eigenvalue weighted by atomic mass is 10.0. The Bertz CT molecular complexity index is 621. The van der Waals surface area contributed by atoms with Crippen LogP contribution in [0.5, 0.6) is 0 Å². The number of thiocarbonyl (C=S) groups is 1. The largest absolute Gasteiger partial charge is 0.331 e. The molecule has 1 aromatic carbocycles. The molecule has 0 aliphatic carbocycles. The molecule has 0 fully saturated rings. The average Bonchev–Trinajstić information content (AvgIpc) is 2.98. The molecule has 0 bridgehead atoms. The van der Waals surface area contributed by atoms with Gasteiger partial charge in [0.2, 0.25) is 5.91 Å². The van der Waals surface area contributed by atoms with Crippen molar-refractivity contribution >= 4 is 40.3 Å². The van der Waals surface area contributed by atoms with Gasteiger partial charge in [-0.1, -0.05) is 32.0 Å². The normalized spacial score (nSPS) is 10.3. The number of hydrogen-bond donors (Lipinski definition) is 3. The van der Waals surface area contributed by atoms with Crippen LogP contribution in [0.25, 0.3) is 0 Å². The molecule has 22 heavy (non-hydrogen) atoms. The molecule has 0 spiro atoms. The summed E-state index contributed by atoms with van der Waals surface area (Å²) in [4.78, 5) is 12.7. The Morgan fingerprint density at radius 2 is 1.91 bits per heavy atom. The summed E-state index contributed by atoms with van der Waals surface area (Å²) in [6.45, 7) is 4.30. The fourth-order valence-corrected chi connectivity index (χ4v) is 2.73. The van der Waals surface area contributed by atoms with Crippen LogP contribution in [0.1, 0.15) is 30.2 Å². The number of anilines is 1. The summed E-state index contributed by atoms with van der Waals surface area (Å²) in [5.74, 6) is 0.373. The van der Waals surface area contributed by atoms with Crippen LogP contribution >= 0.6 is 23.6 Å². The monoisotopic (exact) mass is 333 g/mol. The van der Waals surface area contributed by atoms with Crippen molar-refractivity contribution in [2.24, 2.45) is 0 Å². The molecule has 0 saturated heterocycles. The number of benzene rings is 1. The highest BCUT2D eigenvalue weighted by Crippen LogP contribution is 2.16. The van der Waals surface area contributed by atoms with Gasteiger partial charge in [0.15, 0.2) is 5.11 Å². The van der Waals surface area contributed by atoms with E-state index in [4.69, 9.17) is 12.2 Å². The van der Waals surface area contributed by atoms with Crippen molar-refractivity contribution in [3.8, 4) is 0 Å². The van der Waals surface area contributed by atoms with E-state index in [0.29, 0.717) is 17.5 Å².